The van der Waals surface area contributed by atoms with Crippen LogP contribution in [0.25, 0.3) is 21.9 Å². The van der Waals surface area contributed by atoms with Crippen LogP contribution in [0.4, 0.5) is 6.01 Å². The number of rotatable bonds is 4. The van der Waals surface area contributed by atoms with Crippen LogP contribution < -0.4 is 17.0 Å². The first-order valence-electron chi connectivity index (χ1n) is 12.5. The van der Waals surface area contributed by atoms with Crippen LogP contribution >= 0.6 is 0 Å². The number of aliphatic imine (C=N–C) groups is 2. The van der Waals surface area contributed by atoms with Crippen LogP contribution in [0.15, 0.2) is 66.8 Å². The number of aromatic nitrogens is 2. The zero-order chi connectivity index (χ0) is 25.3. The van der Waals surface area contributed by atoms with Crippen LogP contribution in [-0.2, 0) is 6.54 Å². The third-order valence-electron chi connectivity index (χ3n) is 7.71. The molecule has 0 spiro atoms. The molecular formula is C27H26N8O2. The van der Waals surface area contributed by atoms with Crippen molar-refractivity contribution >= 4 is 45.8 Å². The Balaban J connectivity index is 1.34. The van der Waals surface area contributed by atoms with Crippen molar-refractivity contribution in [2.24, 2.45) is 26.7 Å². The third-order valence-corrected chi connectivity index (χ3v) is 7.71. The number of amidine groups is 1. The lowest BCUT2D eigenvalue weighted by Gasteiger charge is -2.32. The molecule has 186 valence electrons. The Morgan fingerprint density at radius 1 is 1.14 bits per heavy atom. The van der Waals surface area contributed by atoms with Gasteiger partial charge in [-0.25, -0.2) is 9.98 Å². The van der Waals surface area contributed by atoms with E-state index in [2.05, 4.69) is 21.0 Å². The summed E-state index contributed by atoms with van der Waals surface area (Å²) in [6, 6.07) is 14.1. The van der Waals surface area contributed by atoms with Crippen molar-refractivity contribution in [1.29, 1.82) is 0 Å². The fourth-order valence-corrected chi connectivity index (χ4v) is 5.68. The molecule has 2 aromatic heterocycles. The van der Waals surface area contributed by atoms with Gasteiger partial charge >= 0.3 is 0 Å². The third kappa shape index (κ3) is 3.35. The van der Waals surface area contributed by atoms with Gasteiger partial charge in [0.2, 0.25) is 0 Å². The fourth-order valence-electron chi connectivity index (χ4n) is 5.68. The van der Waals surface area contributed by atoms with Crippen molar-refractivity contribution in [2.45, 2.75) is 44.9 Å². The van der Waals surface area contributed by atoms with E-state index < -0.39 is 0 Å². The minimum Gasteiger partial charge on any atom is -0.424 e. The molecule has 7 rings (SSSR count). The standard InChI is InChI=1S/C27H26N8O2/c1-14-4-2-5-15-10-18(35(17-6-3-7-17)26(36)21(14)15)12-34-25-22(24(28)30-13-31-25)23(33-34)16-8-9-20-19(11-16)32-27(29)37-20/h2,4-5,8-11,13,17,22,25H,3,6-7,12H2,1H3,(H2,29,32)(H2,28,30,31). The maximum Gasteiger partial charge on any atom is 0.292 e. The number of nitrogen functional groups attached to an aromatic ring is 1. The number of aryl methyl sites for hydroxylation is 1. The lowest BCUT2D eigenvalue weighted by Crippen LogP contribution is -2.43. The summed E-state index contributed by atoms with van der Waals surface area (Å²) in [7, 11) is 0. The predicted molar refractivity (Wildman–Crippen MR) is 144 cm³/mol. The van der Waals surface area contributed by atoms with Gasteiger partial charge in [0, 0.05) is 17.3 Å². The fraction of sp³-hybridized carbons (Fsp3) is 0.296. The van der Waals surface area contributed by atoms with Crippen LogP contribution in [-0.4, -0.2) is 38.6 Å². The van der Waals surface area contributed by atoms with E-state index in [0.717, 1.165) is 52.6 Å². The highest BCUT2D eigenvalue weighted by atomic mass is 16.4. The van der Waals surface area contributed by atoms with E-state index in [1.807, 2.05) is 52.9 Å². The number of anilines is 1. The second kappa shape index (κ2) is 8.02. The minimum absolute atomic E-state index is 0.0672. The number of benzene rings is 2. The molecule has 1 fully saturated rings. The molecule has 4 heterocycles. The highest BCUT2D eigenvalue weighted by Crippen LogP contribution is 2.35. The van der Waals surface area contributed by atoms with Gasteiger partial charge in [-0.05, 0) is 61.4 Å². The van der Waals surface area contributed by atoms with Crippen molar-refractivity contribution in [3.8, 4) is 0 Å². The Hall–Kier alpha value is -4.47. The van der Waals surface area contributed by atoms with Crippen molar-refractivity contribution < 1.29 is 4.42 Å². The summed E-state index contributed by atoms with van der Waals surface area (Å²) in [5.41, 5.74) is 17.0. The molecule has 1 saturated carbocycles. The molecule has 4 aromatic rings. The van der Waals surface area contributed by atoms with E-state index in [1.54, 1.807) is 0 Å². The number of nitrogens with zero attached hydrogens (tertiary/aromatic N) is 6. The number of fused-ring (bicyclic) bond motifs is 3. The average Bonchev–Trinajstić information content (AvgIpc) is 3.40. The monoisotopic (exact) mass is 494 g/mol. The number of hydrogen-bond donors (Lipinski definition) is 2. The Kier molecular flexibility index (Phi) is 4.72. The van der Waals surface area contributed by atoms with E-state index >= 15 is 0 Å². The molecule has 2 aliphatic heterocycles. The quantitative estimate of drug-likeness (QED) is 0.446. The number of hydrazone groups is 1. The summed E-state index contributed by atoms with van der Waals surface area (Å²) in [5, 5.41) is 8.65. The van der Waals surface area contributed by atoms with E-state index in [0.29, 0.717) is 23.5 Å². The second-order valence-electron chi connectivity index (χ2n) is 9.96. The predicted octanol–water partition coefficient (Wildman–Crippen LogP) is 3.32. The molecule has 0 saturated heterocycles. The molecule has 2 unspecified atom stereocenters. The molecule has 3 aliphatic rings. The molecule has 0 radical (unpaired) electrons. The van der Waals surface area contributed by atoms with E-state index in [9.17, 15) is 4.79 Å². The van der Waals surface area contributed by atoms with Gasteiger partial charge in [-0.15, -0.1) is 0 Å². The summed E-state index contributed by atoms with van der Waals surface area (Å²) in [4.78, 5) is 26.9. The molecule has 1 aliphatic carbocycles. The lowest BCUT2D eigenvalue weighted by molar-refractivity contribution is 0.200. The Labute approximate surface area is 212 Å². The van der Waals surface area contributed by atoms with Gasteiger partial charge in [0.05, 0.1) is 17.6 Å². The number of pyridine rings is 1. The lowest BCUT2D eigenvalue weighted by atomic mass is 9.91. The van der Waals surface area contributed by atoms with Gasteiger partial charge in [0.25, 0.3) is 11.6 Å². The highest BCUT2D eigenvalue weighted by Gasteiger charge is 2.42. The Bertz CT molecular complexity index is 1730. The molecule has 0 amide bonds. The van der Waals surface area contributed by atoms with Gasteiger partial charge in [0.15, 0.2) is 11.7 Å². The summed E-state index contributed by atoms with van der Waals surface area (Å²) >= 11 is 0. The van der Waals surface area contributed by atoms with Crippen LogP contribution in [0.2, 0.25) is 0 Å². The first-order chi connectivity index (χ1) is 18.0. The first-order valence-corrected chi connectivity index (χ1v) is 12.5. The van der Waals surface area contributed by atoms with Crippen LogP contribution in [0, 0.1) is 12.8 Å². The van der Waals surface area contributed by atoms with Gasteiger partial charge < -0.3 is 20.5 Å². The number of nitrogens with two attached hydrogens (primary N) is 2. The second-order valence-corrected chi connectivity index (χ2v) is 9.96. The molecular weight excluding hydrogens is 468 g/mol. The van der Waals surface area contributed by atoms with E-state index in [-0.39, 0.29) is 29.7 Å². The maximum absolute atomic E-state index is 13.7. The topological polar surface area (TPSA) is 140 Å². The van der Waals surface area contributed by atoms with Crippen molar-refractivity contribution in [3.05, 3.63) is 69.6 Å². The van der Waals surface area contributed by atoms with Gasteiger partial charge in [-0.2, -0.15) is 10.1 Å². The number of hydrogen-bond acceptors (Lipinski definition) is 9. The summed E-state index contributed by atoms with van der Waals surface area (Å²) < 4.78 is 7.41. The summed E-state index contributed by atoms with van der Waals surface area (Å²) in [5.74, 6) is 0.129. The molecule has 37 heavy (non-hydrogen) atoms. The SMILES string of the molecule is Cc1cccc2cc(CN3N=C(c4ccc5oc(N)nc5c4)C4C(N)=NC=NC43)n(C3CCC3)c(=O)c12. The zero-order valence-corrected chi connectivity index (χ0v) is 20.3. The Morgan fingerprint density at radius 3 is 2.81 bits per heavy atom. The summed E-state index contributed by atoms with van der Waals surface area (Å²) in [6.45, 7) is 2.42. The van der Waals surface area contributed by atoms with E-state index in [4.69, 9.17) is 21.0 Å². The maximum atomic E-state index is 13.7. The smallest absolute Gasteiger partial charge is 0.292 e. The van der Waals surface area contributed by atoms with Gasteiger partial charge in [-0.1, -0.05) is 18.2 Å². The largest absolute Gasteiger partial charge is 0.424 e. The molecule has 10 heteroatoms. The zero-order valence-electron chi connectivity index (χ0n) is 20.3. The van der Waals surface area contributed by atoms with E-state index in [1.165, 1.54) is 6.34 Å². The minimum atomic E-state index is -0.358. The molecule has 0 bridgehead atoms. The van der Waals surface area contributed by atoms with Crippen molar-refractivity contribution in [2.75, 3.05) is 5.73 Å². The van der Waals surface area contributed by atoms with Crippen molar-refractivity contribution in [3.63, 3.8) is 0 Å². The number of oxazole rings is 1. The van der Waals surface area contributed by atoms with Crippen LogP contribution in [0.1, 0.15) is 42.1 Å². The molecule has 10 nitrogen and oxygen atoms in total. The highest BCUT2D eigenvalue weighted by molar-refractivity contribution is 6.17. The summed E-state index contributed by atoms with van der Waals surface area (Å²) in [6.07, 6.45) is 4.27. The van der Waals surface area contributed by atoms with Crippen molar-refractivity contribution in [1.82, 2.24) is 14.6 Å². The normalized spacial score (nSPS) is 21.3. The Morgan fingerprint density at radius 2 is 2.00 bits per heavy atom. The van der Waals surface area contributed by atoms with Gasteiger partial charge in [0.1, 0.15) is 23.6 Å². The average molecular weight is 495 g/mol. The first kappa shape index (κ1) is 21.8. The van der Waals surface area contributed by atoms with Gasteiger partial charge in [-0.3, -0.25) is 9.80 Å². The van der Waals surface area contributed by atoms with Crippen LogP contribution in [0.5, 0.6) is 0 Å². The molecule has 2 atom stereocenters. The molecule has 2 aromatic carbocycles. The molecule has 4 N–H and O–H groups in total. The van der Waals surface area contributed by atoms with Crippen LogP contribution in [0.3, 0.4) is 0 Å².